The second-order valence-electron chi connectivity index (χ2n) is 4.55. The van der Waals surface area contributed by atoms with Crippen LogP contribution >= 0.6 is 0 Å². The van der Waals surface area contributed by atoms with Gasteiger partial charge >= 0.3 is 0 Å². The summed E-state index contributed by atoms with van der Waals surface area (Å²) in [6.07, 6.45) is 2.96. The van der Waals surface area contributed by atoms with Crippen LogP contribution in [0.2, 0.25) is 0 Å². The van der Waals surface area contributed by atoms with Gasteiger partial charge in [-0.3, -0.25) is 10.1 Å². The van der Waals surface area contributed by atoms with Crippen molar-refractivity contribution in [2.24, 2.45) is 0 Å². The van der Waals surface area contributed by atoms with Crippen LogP contribution in [-0.4, -0.2) is 17.5 Å². The summed E-state index contributed by atoms with van der Waals surface area (Å²) in [4.78, 5) is 10.8. The van der Waals surface area contributed by atoms with E-state index in [2.05, 4.69) is 5.32 Å². The Hall–Kier alpha value is -1.42. The molecule has 1 aromatic carbocycles. The van der Waals surface area contributed by atoms with E-state index >= 15 is 0 Å². The first-order valence-electron chi connectivity index (χ1n) is 5.50. The molecule has 0 bridgehead atoms. The number of nitrogens with one attached hydrogen (secondary N) is 1. The third-order valence-electron chi connectivity index (χ3n) is 3.42. The molecule has 4 heteroatoms. The van der Waals surface area contributed by atoms with Gasteiger partial charge in [0.1, 0.15) is 0 Å². The van der Waals surface area contributed by atoms with Gasteiger partial charge in [0.2, 0.25) is 0 Å². The van der Waals surface area contributed by atoms with E-state index in [0.717, 1.165) is 30.4 Å². The van der Waals surface area contributed by atoms with Gasteiger partial charge in [0.15, 0.2) is 0 Å². The van der Waals surface area contributed by atoms with Crippen LogP contribution in [0.1, 0.15) is 24.0 Å². The minimum Gasteiger partial charge on any atom is -0.314 e. The van der Waals surface area contributed by atoms with Gasteiger partial charge in [0.25, 0.3) is 5.69 Å². The van der Waals surface area contributed by atoms with Gasteiger partial charge in [-0.15, -0.1) is 0 Å². The summed E-state index contributed by atoms with van der Waals surface area (Å²) in [6.45, 7) is 1.79. The van der Waals surface area contributed by atoms with Gasteiger partial charge in [-0.05, 0) is 33.2 Å². The highest BCUT2D eigenvalue weighted by Crippen LogP contribution is 2.40. The average molecular weight is 220 g/mol. The molecule has 1 fully saturated rings. The van der Waals surface area contributed by atoms with Gasteiger partial charge in [0.05, 0.1) is 4.92 Å². The zero-order valence-electron chi connectivity index (χ0n) is 9.62. The fourth-order valence-corrected chi connectivity index (χ4v) is 2.15. The summed E-state index contributed by atoms with van der Waals surface area (Å²) in [7, 11) is 1.93. The van der Waals surface area contributed by atoms with E-state index in [0.29, 0.717) is 0 Å². The number of nitro groups is 1. The molecule has 2 rings (SSSR count). The third kappa shape index (κ3) is 1.93. The molecule has 0 aromatic heterocycles. The molecule has 1 saturated carbocycles. The standard InChI is InChI=1S/C12H16N2O2/c1-9-4-3-5-10(11(9)14(15)16)8-12(13-2)6-7-12/h3-5,13H,6-8H2,1-2H3. The van der Waals surface area contributed by atoms with Crippen molar-refractivity contribution in [2.75, 3.05) is 7.05 Å². The predicted molar refractivity (Wildman–Crippen MR) is 62.6 cm³/mol. The first-order valence-corrected chi connectivity index (χ1v) is 5.50. The van der Waals surface area contributed by atoms with Gasteiger partial charge in [0, 0.05) is 16.7 Å². The second kappa shape index (κ2) is 3.87. The number of hydrogen-bond donors (Lipinski definition) is 1. The van der Waals surface area contributed by atoms with E-state index < -0.39 is 0 Å². The average Bonchev–Trinajstić information content (AvgIpc) is 2.98. The number of nitrogens with zero attached hydrogens (tertiary/aromatic N) is 1. The number of para-hydroxylation sites is 1. The molecule has 86 valence electrons. The largest absolute Gasteiger partial charge is 0.314 e. The number of nitro benzene ring substituents is 1. The summed E-state index contributed by atoms with van der Waals surface area (Å²) in [5.41, 5.74) is 1.98. The Labute approximate surface area is 94.8 Å². The maximum absolute atomic E-state index is 11.0. The Bertz CT molecular complexity index is 425. The smallest absolute Gasteiger partial charge is 0.275 e. The van der Waals surface area contributed by atoms with Crippen LogP contribution in [0, 0.1) is 17.0 Å². The molecule has 0 heterocycles. The lowest BCUT2D eigenvalue weighted by atomic mass is 10.00. The van der Waals surface area contributed by atoms with Crippen LogP contribution in [0.3, 0.4) is 0 Å². The van der Waals surface area contributed by atoms with Crippen molar-refractivity contribution >= 4 is 5.69 Å². The van der Waals surface area contributed by atoms with E-state index in [1.54, 1.807) is 13.0 Å². The minimum atomic E-state index is -0.267. The molecule has 0 amide bonds. The Balaban J connectivity index is 2.33. The molecule has 0 radical (unpaired) electrons. The highest BCUT2D eigenvalue weighted by Gasteiger charge is 2.42. The molecule has 0 aliphatic heterocycles. The Kier molecular flexibility index (Phi) is 2.68. The van der Waals surface area contributed by atoms with Gasteiger partial charge in [-0.2, -0.15) is 0 Å². The lowest BCUT2D eigenvalue weighted by Gasteiger charge is -2.14. The summed E-state index contributed by atoms with van der Waals surface area (Å²) >= 11 is 0. The maximum Gasteiger partial charge on any atom is 0.275 e. The van der Waals surface area contributed by atoms with E-state index in [-0.39, 0.29) is 16.1 Å². The zero-order valence-corrected chi connectivity index (χ0v) is 9.62. The van der Waals surface area contributed by atoms with Crippen molar-refractivity contribution in [2.45, 2.75) is 31.7 Å². The molecule has 1 aliphatic carbocycles. The minimum absolute atomic E-state index is 0.110. The number of benzene rings is 1. The van der Waals surface area contributed by atoms with Crippen molar-refractivity contribution in [3.63, 3.8) is 0 Å². The molecule has 0 atom stereocenters. The summed E-state index contributed by atoms with van der Waals surface area (Å²) in [6, 6.07) is 5.55. The molecule has 0 spiro atoms. The molecule has 4 nitrogen and oxygen atoms in total. The van der Waals surface area contributed by atoms with Crippen molar-refractivity contribution in [3.8, 4) is 0 Å². The molecule has 16 heavy (non-hydrogen) atoms. The fraction of sp³-hybridized carbons (Fsp3) is 0.500. The number of likely N-dealkylation sites (N-methyl/N-ethyl adjacent to an activating group) is 1. The van der Waals surface area contributed by atoms with E-state index in [1.807, 2.05) is 19.2 Å². The molecule has 0 saturated heterocycles. The molecular formula is C12H16N2O2. The van der Waals surface area contributed by atoms with Crippen LogP contribution in [0.4, 0.5) is 5.69 Å². The van der Waals surface area contributed by atoms with Crippen LogP contribution in [0.5, 0.6) is 0 Å². The van der Waals surface area contributed by atoms with E-state index in [1.165, 1.54) is 0 Å². The van der Waals surface area contributed by atoms with Crippen molar-refractivity contribution in [1.82, 2.24) is 5.32 Å². The second-order valence-corrected chi connectivity index (χ2v) is 4.55. The van der Waals surface area contributed by atoms with Gasteiger partial charge in [-0.25, -0.2) is 0 Å². The normalized spacial score (nSPS) is 17.1. The Morgan fingerprint density at radius 3 is 2.69 bits per heavy atom. The molecule has 1 N–H and O–H groups in total. The number of hydrogen-bond acceptors (Lipinski definition) is 3. The Morgan fingerprint density at radius 2 is 2.19 bits per heavy atom. The summed E-state index contributed by atoms with van der Waals surface area (Å²) in [5, 5.41) is 14.3. The van der Waals surface area contributed by atoms with Gasteiger partial charge in [-0.1, -0.05) is 18.2 Å². The maximum atomic E-state index is 11.0. The highest BCUT2D eigenvalue weighted by molar-refractivity contribution is 5.48. The first kappa shape index (κ1) is 11.1. The van der Waals surface area contributed by atoms with E-state index in [4.69, 9.17) is 0 Å². The van der Waals surface area contributed by atoms with Crippen LogP contribution < -0.4 is 5.32 Å². The molecule has 0 unspecified atom stereocenters. The molecule has 1 aliphatic rings. The predicted octanol–water partition coefficient (Wildman–Crippen LogP) is 2.20. The number of aryl methyl sites for hydroxylation is 1. The van der Waals surface area contributed by atoms with Crippen molar-refractivity contribution < 1.29 is 4.92 Å². The quantitative estimate of drug-likeness (QED) is 0.625. The van der Waals surface area contributed by atoms with Crippen LogP contribution in [0.25, 0.3) is 0 Å². The zero-order chi connectivity index (χ0) is 11.8. The number of rotatable bonds is 4. The molecule has 1 aromatic rings. The van der Waals surface area contributed by atoms with Gasteiger partial charge < -0.3 is 5.32 Å². The van der Waals surface area contributed by atoms with Crippen molar-refractivity contribution in [3.05, 3.63) is 39.4 Å². The highest BCUT2D eigenvalue weighted by atomic mass is 16.6. The molecular weight excluding hydrogens is 204 g/mol. The van der Waals surface area contributed by atoms with E-state index in [9.17, 15) is 10.1 Å². The summed E-state index contributed by atoms with van der Waals surface area (Å²) < 4.78 is 0. The first-order chi connectivity index (χ1) is 7.58. The third-order valence-corrected chi connectivity index (χ3v) is 3.42. The monoisotopic (exact) mass is 220 g/mol. The summed E-state index contributed by atoms with van der Waals surface area (Å²) in [5.74, 6) is 0. The van der Waals surface area contributed by atoms with Crippen LogP contribution in [-0.2, 0) is 6.42 Å². The lowest BCUT2D eigenvalue weighted by Crippen LogP contribution is -2.29. The topological polar surface area (TPSA) is 55.2 Å². The van der Waals surface area contributed by atoms with Crippen LogP contribution in [0.15, 0.2) is 18.2 Å². The fourth-order valence-electron chi connectivity index (χ4n) is 2.15. The SMILES string of the molecule is CNC1(Cc2cccc(C)c2[N+](=O)[O-])CC1. The van der Waals surface area contributed by atoms with Crippen molar-refractivity contribution in [1.29, 1.82) is 0 Å². The lowest BCUT2D eigenvalue weighted by molar-refractivity contribution is -0.386. The Morgan fingerprint density at radius 1 is 1.50 bits per heavy atom.